The Morgan fingerprint density at radius 2 is 1.56 bits per heavy atom. The summed E-state index contributed by atoms with van der Waals surface area (Å²) >= 11 is 13.1. The van der Waals surface area contributed by atoms with Gasteiger partial charge in [0, 0.05) is 12.0 Å². The van der Waals surface area contributed by atoms with E-state index in [2.05, 4.69) is 5.32 Å². The van der Waals surface area contributed by atoms with E-state index in [1.807, 2.05) is 60.7 Å². The summed E-state index contributed by atoms with van der Waals surface area (Å²) in [6.45, 7) is 0.751. The van der Waals surface area contributed by atoms with Crippen LogP contribution in [0.3, 0.4) is 0 Å². The number of carbonyl (C=O) groups is 1. The van der Waals surface area contributed by atoms with Crippen LogP contribution >= 0.6 is 23.2 Å². The van der Waals surface area contributed by atoms with Gasteiger partial charge in [-0.1, -0.05) is 77.8 Å². The number of amides is 1. The van der Waals surface area contributed by atoms with Crippen molar-refractivity contribution in [2.24, 2.45) is 0 Å². The summed E-state index contributed by atoms with van der Waals surface area (Å²) < 4.78 is 17.9. The van der Waals surface area contributed by atoms with Crippen LogP contribution in [0.25, 0.3) is 0 Å². The smallest absolute Gasteiger partial charge is 0.255 e. The van der Waals surface area contributed by atoms with E-state index in [0.29, 0.717) is 46.7 Å². The van der Waals surface area contributed by atoms with Gasteiger partial charge in [-0.05, 0) is 47.5 Å². The number of benzene rings is 4. The zero-order chi connectivity index (χ0) is 24.9. The van der Waals surface area contributed by atoms with Crippen molar-refractivity contribution in [2.75, 3.05) is 18.5 Å². The molecule has 0 spiro atoms. The quantitative estimate of drug-likeness (QED) is 0.284. The summed E-state index contributed by atoms with van der Waals surface area (Å²) in [5.41, 5.74) is 2.77. The zero-order valence-electron chi connectivity index (χ0n) is 19.2. The molecule has 1 N–H and O–H groups in total. The highest BCUT2D eigenvalue weighted by Crippen LogP contribution is 2.36. The van der Waals surface area contributed by atoms with Gasteiger partial charge in [0.25, 0.3) is 5.91 Å². The summed E-state index contributed by atoms with van der Waals surface area (Å²) in [6.07, 6.45) is 0.283. The molecule has 4 aromatic rings. The predicted molar refractivity (Wildman–Crippen MR) is 142 cm³/mol. The number of carbonyl (C=O) groups excluding carboxylic acids is 1. The van der Waals surface area contributed by atoms with Gasteiger partial charge in [0.2, 0.25) is 0 Å². The van der Waals surface area contributed by atoms with Crippen LogP contribution in [0, 0.1) is 0 Å². The maximum atomic E-state index is 12.5. The van der Waals surface area contributed by atoms with Crippen molar-refractivity contribution in [2.45, 2.75) is 12.5 Å². The molecule has 0 aliphatic carbocycles. The molecule has 4 aromatic carbocycles. The third-order valence-corrected chi connectivity index (χ3v) is 6.71. The fourth-order valence-corrected chi connectivity index (χ4v) is 4.39. The van der Waals surface area contributed by atoms with E-state index >= 15 is 0 Å². The van der Waals surface area contributed by atoms with Crippen molar-refractivity contribution in [1.29, 1.82) is 0 Å². The monoisotopic (exact) mass is 519 g/mol. The van der Waals surface area contributed by atoms with Crippen LogP contribution in [0.4, 0.5) is 5.69 Å². The van der Waals surface area contributed by atoms with E-state index in [4.69, 9.17) is 37.4 Å². The Hall–Kier alpha value is -3.67. The van der Waals surface area contributed by atoms with E-state index in [0.717, 1.165) is 22.6 Å². The number of ether oxygens (including phenoxy) is 3. The van der Waals surface area contributed by atoms with Crippen LogP contribution in [-0.2, 0) is 6.42 Å². The Bertz CT molecular complexity index is 1380. The van der Waals surface area contributed by atoms with E-state index in [1.54, 1.807) is 30.3 Å². The molecule has 0 fully saturated rings. The molecule has 7 heteroatoms. The average molecular weight is 520 g/mol. The number of fused-ring (bicyclic) bond motifs is 1. The Labute approximate surface area is 219 Å². The summed E-state index contributed by atoms with van der Waals surface area (Å²) in [5.74, 6) is 1.93. The molecule has 1 unspecified atom stereocenters. The molecule has 0 aromatic heterocycles. The normalized spacial score (nSPS) is 14.2. The van der Waals surface area contributed by atoms with Crippen molar-refractivity contribution in [3.8, 4) is 17.2 Å². The fourth-order valence-electron chi connectivity index (χ4n) is 3.93. The summed E-state index contributed by atoms with van der Waals surface area (Å²) in [4.78, 5) is 12.5. The Morgan fingerprint density at radius 3 is 2.39 bits per heavy atom. The van der Waals surface area contributed by atoms with Crippen LogP contribution in [0.5, 0.6) is 17.2 Å². The van der Waals surface area contributed by atoms with Crippen LogP contribution < -0.4 is 19.5 Å². The highest BCUT2D eigenvalue weighted by Gasteiger charge is 2.22. The summed E-state index contributed by atoms with van der Waals surface area (Å²) in [7, 11) is 0. The van der Waals surface area contributed by atoms with E-state index in [9.17, 15) is 4.79 Å². The zero-order valence-corrected chi connectivity index (χ0v) is 20.8. The van der Waals surface area contributed by atoms with Crippen molar-refractivity contribution in [3.63, 3.8) is 0 Å². The third kappa shape index (κ3) is 5.43. The third-order valence-electron chi connectivity index (χ3n) is 5.79. The molecule has 1 aliphatic heterocycles. The number of nitrogens with one attached hydrogen (secondary N) is 1. The standard InChI is InChI=1S/C29H23Cl2NO4/c30-27-21(14-15-23(28(27)31)32-29(33)19-8-2-1-3-9-19)16-20-10-4-5-11-24(20)34-17-22-18-35-25-12-6-7-13-26(25)36-22/h1-15,22H,16-18H2,(H,32,33). The minimum Gasteiger partial charge on any atom is -0.489 e. The van der Waals surface area contributed by atoms with E-state index in [1.165, 1.54) is 0 Å². The van der Waals surface area contributed by atoms with Crippen molar-refractivity contribution in [3.05, 3.63) is 118 Å². The lowest BCUT2D eigenvalue weighted by Gasteiger charge is -2.26. The molecule has 36 heavy (non-hydrogen) atoms. The molecule has 0 bridgehead atoms. The summed E-state index contributed by atoms with van der Waals surface area (Å²) in [5, 5.41) is 3.51. The second-order valence-corrected chi connectivity index (χ2v) is 9.07. The molecule has 5 rings (SSSR count). The largest absolute Gasteiger partial charge is 0.489 e. The predicted octanol–water partition coefficient (Wildman–Crippen LogP) is 7.06. The number of para-hydroxylation sites is 3. The molecular weight excluding hydrogens is 497 g/mol. The van der Waals surface area contributed by atoms with Crippen LogP contribution in [0.2, 0.25) is 10.0 Å². The number of rotatable bonds is 7. The van der Waals surface area contributed by atoms with Gasteiger partial charge in [0.05, 0.1) is 15.7 Å². The van der Waals surface area contributed by atoms with E-state index in [-0.39, 0.29) is 12.0 Å². The van der Waals surface area contributed by atoms with Crippen molar-refractivity contribution >= 4 is 34.8 Å². The maximum Gasteiger partial charge on any atom is 0.255 e. The molecule has 182 valence electrons. The number of anilines is 1. The first-order valence-electron chi connectivity index (χ1n) is 11.5. The number of halogens is 2. The van der Waals surface area contributed by atoms with Gasteiger partial charge in [-0.2, -0.15) is 0 Å². The molecule has 0 radical (unpaired) electrons. The molecule has 1 aliphatic rings. The Morgan fingerprint density at radius 1 is 0.833 bits per heavy atom. The lowest BCUT2D eigenvalue weighted by molar-refractivity contribution is 0.0533. The van der Waals surface area contributed by atoms with Gasteiger partial charge in [0.15, 0.2) is 17.6 Å². The minimum atomic E-state index is -0.253. The topological polar surface area (TPSA) is 56.8 Å². The van der Waals surface area contributed by atoms with Crippen LogP contribution in [-0.4, -0.2) is 25.2 Å². The van der Waals surface area contributed by atoms with Gasteiger partial charge in [-0.15, -0.1) is 0 Å². The molecule has 0 saturated heterocycles. The second kappa shape index (κ2) is 10.9. The molecule has 0 saturated carbocycles. The molecular formula is C29H23Cl2NO4. The van der Waals surface area contributed by atoms with Gasteiger partial charge >= 0.3 is 0 Å². The van der Waals surface area contributed by atoms with Gasteiger partial charge in [-0.25, -0.2) is 0 Å². The average Bonchev–Trinajstić information content (AvgIpc) is 2.92. The molecule has 5 nitrogen and oxygen atoms in total. The Kier molecular flexibility index (Phi) is 7.31. The lowest BCUT2D eigenvalue weighted by Crippen LogP contribution is -2.34. The fraction of sp³-hybridized carbons (Fsp3) is 0.138. The molecule has 1 amide bonds. The van der Waals surface area contributed by atoms with Gasteiger partial charge in [-0.3, -0.25) is 4.79 Å². The van der Waals surface area contributed by atoms with Gasteiger partial charge in [0.1, 0.15) is 19.0 Å². The highest BCUT2D eigenvalue weighted by atomic mass is 35.5. The maximum absolute atomic E-state index is 12.5. The molecule has 1 atom stereocenters. The SMILES string of the molecule is O=C(Nc1ccc(Cc2ccccc2OCC2COc3ccccc3O2)c(Cl)c1Cl)c1ccccc1. The van der Waals surface area contributed by atoms with E-state index < -0.39 is 0 Å². The number of hydrogen-bond donors (Lipinski definition) is 1. The van der Waals surface area contributed by atoms with Crippen molar-refractivity contribution < 1.29 is 19.0 Å². The lowest BCUT2D eigenvalue weighted by atomic mass is 10.0. The summed E-state index contributed by atoms with van der Waals surface area (Å²) in [6, 6.07) is 27.9. The molecule has 1 heterocycles. The Balaban J connectivity index is 1.27. The first kappa shape index (κ1) is 24.0. The first-order valence-corrected chi connectivity index (χ1v) is 12.3. The second-order valence-electron chi connectivity index (χ2n) is 8.31. The van der Waals surface area contributed by atoms with Gasteiger partial charge < -0.3 is 19.5 Å². The van der Waals surface area contributed by atoms with Crippen LogP contribution in [0.1, 0.15) is 21.5 Å². The van der Waals surface area contributed by atoms with Crippen LogP contribution in [0.15, 0.2) is 91.0 Å². The minimum absolute atomic E-state index is 0.224. The first-order chi connectivity index (χ1) is 17.6. The highest BCUT2D eigenvalue weighted by molar-refractivity contribution is 6.44. The van der Waals surface area contributed by atoms with Crippen molar-refractivity contribution in [1.82, 2.24) is 0 Å². The number of hydrogen-bond acceptors (Lipinski definition) is 4.